The number of phenolic OH excluding ortho intramolecular Hbond substituents is 1. The summed E-state index contributed by atoms with van der Waals surface area (Å²) in [6.07, 6.45) is 0. The van der Waals surface area contributed by atoms with E-state index >= 15 is 0 Å². The summed E-state index contributed by atoms with van der Waals surface area (Å²) in [4.78, 5) is 10.5. The summed E-state index contributed by atoms with van der Waals surface area (Å²) in [6.45, 7) is 1.70. The monoisotopic (exact) mass is 196 g/mol. The van der Waals surface area contributed by atoms with E-state index in [1.165, 1.54) is 12.1 Å². The lowest BCUT2D eigenvalue weighted by atomic mass is 10.2. The second-order valence-corrected chi connectivity index (χ2v) is 3.04. The summed E-state index contributed by atoms with van der Waals surface area (Å²) in [6, 6.07) is 6.15. The molecule has 0 aliphatic carbocycles. The lowest BCUT2D eigenvalue weighted by Gasteiger charge is -2.08. The van der Waals surface area contributed by atoms with E-state index in [2.05, 4.69) is 0 Å². The molecular formula is C10H12O4. The molecule has 0 unspecified atom stereocenters. The Morgan fingerprint density at radius 1 is 1.43 bits per heavy atom. The van der Waals surface area contributed by atoms with Gasteiger partial charge in [0.15, 0.2) is 0 Å². The van der Waals surface area contributed by atoms with Crippen LogP contribution in [0.1, 0.15) is 6.92 Å². The third-order valence-corrected chi connectivity index (χ3v) is 1.76. The molecule has 0 aliphatic rings. The number of aromatic hydroxyl groups is 1. The Morgan fingerprint density at radius 3 is 2.50 bits per heavy atom. The van der Waals surface area contributed by atoms with Crippen molar-refractivity contribution >= 4 is 5.97 Å². The van der Waals surface area contributed by atoms with Crippen LogP contribution in [0, 0.1) is 5.92 Å². The number of carboxylic acids is 1. The van der Waals surface area contributed by atoms with E-state index in [9.17, 15) is 4.79 Å². The molecule has 0 saturated carbocycles. The number of carboxylic acid groups (broad SMARTS) is 1. The molecule has 0 heterocycles. The van der Waals surface area contributed by atoms with Crippen LogP contribution in [-0.2, 0) is 4.79 Å². The molecule has 1 aromatic rings. The van der Waals surface area contributed by atoms with Gasteiger partial charge in [0.25, 0.3) is 0 Å². The number of rotatable bonds is 4. The maximum atomic E-state index is 10.5. The summed E-state index contributed by atoms with van der Waals surface area (Å²) in [7, 11) is 0. The van der Waals surface area contributed by atoms with Gasteiger partial charge < -0.3 is 14.9 Å². The third kappa shape index (κ3) is 2.97. The number of ether oxygens (including phenoxy) is 1. The van der Waals surface area contributed by atoms with Crippen LogP contribution in [0.2, 0.25) is 0 Å². The second kappa shape index (κ2) is 4.50. The van der Waals surface area contributed by atoms with Gasteiger partial charge in [0.2, 0.25) is 0 Å². The molecule has 1 atom stereocenters. The summed E-state index contributed by atoms with van der Waals surface area (Å²) in [5, 5.41) is 17.6. The molecule has 0 spiro atoms. The van der Waals surface area contributed by atoms with Gasteiger partial charge in [-0.1, -0.05) is 0 Å². The number of hydrogen-bond acceptors (Lipinski definition) is 3. The fourth-order valence-corrected chi connectivity index (χ4v) is 0.835. The highest BCUT2D eigenvalue weighted by Crippen LogP contribution is 2.16. The number of aliphatic carboxylic acids is 1. The molecule has 1 aromatic carbocycles. The average molecular weight is 196 g/mol. The Labute approximate surface area is 81.8 Å². The van der Waals surface area contributed by atoms with Gasteiger partial charge in [-0.2, -0.15) is 0 Å². The average Bonchev–Trinajstić information content (AvgIpc) is 2.16. The Bertz CT molecular complexity index is 304. The van der Waals surface area contributed by atoms with E-state index in [-0.39, 0.29) is 12.4 Å². The largest absolute Gasteiger partial charge is 0.508 e. The van der Waals surface area contributed by atoms with E-state index in [0.717, 1.165) is 0 Å². The van der Waals surface area contributed by atoms with Crippen LogP contribution in [0.25, 0.3) is 0 Å². The van der Waals surface area contributed by atoms with Crippen LogP contribution in [0.5, 0.6) is 11.5 Å². The second-order valence-electron chi connectivity index (χ2n) is 3.04. The maximum absolute atomic E-state index is 10.5. The minimum Gasteiger partial charge on any atom is -0.508 e. The van der Waals surface area contributed by atoms with Crippen LogP contribution in [-0.4, -0.2) is 22.8 Å². The predicted octanol–water partition coefficient (Wildman–Crippen LogP) is 1.49. The first kappa shape index (κ1) is 10.4. The van der Waals surface area contributed by atoms with Crippen molar-refractivity contribution < 1.29 is 19.7 Å². The molecular weight excluding hydrogens is 184 g/mol. The van der Waals surface area contributed by atoms with Crippen LogP contribution < -0.4 is 4.74 Å². The van der Waals surface area contributed by atoms with Gasteiger partial charge in [0.05, 0.1) is 5.92 Å². The standard InChI is InChI=1S/C10H12O4/c1-7(10(12)13)6-14-9-4-2-8(11)3-5-9/h2-5,7,11H,6H2,1H3,(H,12,13)/t7-/m0/s1. The smallest absolute Gasteiger partial charge is 0.309 e. The van der Waals surface area contributed by atoms with Crippen molar-refractivity contribution in [1.82, 2.24) is 0 Å². The maximum Gasteiger partial charge on any atom is 0.309 e. The van der Waals surface area contributed by atoms with Crippen molar-refractivity contribution in [1.29, 1.82) is 0 Å². The minimum atomic E-state index is -0.885. The highest BCUT2D eigenvalue weighted by atomic mass is 16.5. The summed E-state index contributed by atoms with van der Waals surface area (Å²) in [5.74, 6) is -0.716. The lowest BCUT2D eigenvalue weighted by Crippen LogP contribution is -2.17. The molecule has 0 bridgehead atoms. The van der Waals surface area contributed by atoms with Crippen LogP contribution in [0.15, 0.2) is 24.3 Å². The van der Waals surface area contributed by atoms with Gasteiger partial charge in [0, 0.05) is 0 Å². The van der Waals surface area contributed by atoms with Crippen molar-refractivity contribution in [2.75, 3.05) is 6.61 Å². The lowest BCUT2D eigenvalue weighted by molar-refractivity contribution is -0.142. The summed E-state index contributed by atoms with van der Waals surface area (Å²) >= 11 is 0. The van der Waals surface area contributed by atoms with Crippen molar-refractivity contribution in [3.8, 4) is 11.5 Å². The number of hydrogen-bond donors (Lipinski definition) is 2. The van der Waals surface area contributed by atoms with Crippen molar-refractivity contribution in [2.45, 2.75) is 6.92 Å². The number of carbonyl (C=O) groups is 1. The highest BCUT2D eigenvalue weighted by molar-refractivity contribution is 5.69. The molecule has 0 aromatic heterocycles. The normalized spacial score (nSPS) is 12.1. The molecule has 0 fully saturated rings. The van der Waals surface area contributed by atoms with Gasteiger partial charge in [0.1, 0.15) is 18.1 Å². The molecule has 0 amide bonds. The van der Waals surface area contributed by atoms with E-state index in [0.29, 0.717) is 5.75 Å². The first-order valence-electron chi connectivity index (χ1n) is 4.24. The highest BCUT2D eigenvalue weighted by Gasteiger charge is 2.11. The van der Waals surface area contributed by atoms with E-state index in [1.807, 2.05) is 0 Å². The molecule has 76 valence electrons. The number of phenols is 1. The Morgan fingerprint density at radius 2 is 2.00 bits per heavy atom. The summed E-state index contributed by atoms with van der Waals surface area (Å²) < 4.78 is 5.19. The molecule has 2 N–H and O–H groups in total. The van der Waals surface area contributed by atoms with E-state index in [4.69, 9.17) is 14.9 Å². The fraction of sp³-hybridized carbons (Fsp3) is 0.300. The summed E-state index contributed by atoms with van der Waals surface area (Å²) in [5.41, 5.74) is 0. The minimum absolute atomic E-state index is 0.125. The molecule has 1 rings (SSSR count). The van der Waals surface area contributed by atoms with Crippen LogP contribution in [0.4, 0.5) is 0 Å². The third-order valence-electron chi connectivity index (χ3n) is 1.76. The van der Waals surface area contributed by atoms with Gasteiger partial charge in [-0.05, 0) is 31.2 Å². The van der Waals surface area contributed by atoms with E-state index < -0.39 is 11.9 Å². The SMILES string of the molecule is C[C@@H](COc1ccc(O)cc1)C(=O)O. The van der Waals surface area contributed by atoms with Gasteiger partial charge in [-0.3, -0.25) is 4.79 Å². The molecule has 14 heavy (non-hydrogen) atoms. The molecule has 4 heteroatoms. The number of benzene rings is 1. The molecule has 4 nitrogen and oxygen atoms in total. The Kier molecular flexibility index (Phi) is 3.34. The first-order chi connectivity index (χ1) is 6.59. The molecule has 0 aliphatic heterocycles. The molecule has 0 radical (unpaired) electrons. The van der Waals surface area contributed by atoms with E-state index in [1.54, 1.807) is 19.1 Å². The predicted molar refractivity (Wildman–Crippen MR) is 50.4 cm³/mol. The van der Waals surface area contributed by atoms with Crippen molar-refractivity contribution in [3.63, 3.8) is 0 Å². The zero-order chi connectivity index (χ0) is 10.6. The zero-order valence-electron chi connectivity index (χ0n) is 7.80. The van der Waals surface area contributed by atoms with Gasteiger partial charge in [-0.15, -0.1) is 0 Å². The Hall–Kier alpha value is -1.71. The van der Waals surface area contributed by atoms with Gasteiger partial charge in [-0.25, -0.2) is 0 Å². The first-order valence-corrected chi connectivity index (χ1v) is 4.24. The fourth-order valence-electron chi connectivity index (χ4n) is 0.835. The Balaban J connectivity index is 2.46. The van der Waals surface area contributed by atoms with Crippen molar-refractivity contribution in [2.24, 2.45) is 5.92 Å². The van der Waals surface area contributed by atoms with Crippen LogP contribution >= 0.6 is 0 Å². The van der Waals surface area contributed by atoms with Gasteiger partial charge >= 0.3 is 5.97 Å². The topological polar surface area (TPSA) is 66.8 Å². The molecule has 0 saturated heterocycles. The quantitative estimate of drug-likeness (QED) is 0.765. The van der Waals surface area contributed by atoms with Crippen molar-refractivity contribution in [3.05, 3.63) is 24.3 Å². The zero-order valence-corrected chi connectivity index (χ0v) is 7.80. The van der Waals surface area contributed by atoms with Crippen LogP contribution in [0.3, 0.4) is 0 Å².